The van der Waals surface area contributed by atoms with Gasteiger partial charge in [-0.15, -0.1) is 0 Å². The monoisotopic (exact) mass is 548 g/mol. The average Bonchev–Trinajstić information content (AvgIpc) is 3.46. The van der Waals surface area contributed by atoms with Crippen LogP contribution in [0.1, 0.15) is 43.2 Å². The zero-order valence-electron chi connectivity index (χ0n) is 22.6. The molecule has 2 heterocycles. The molecule has 0 radical (unpaired) electrons. The number of carbonyl (C=O) groups excluding carboxylic acids is 5. The van der Waals surface area contributed by atoms with Crippen LogP contribution in [0.25, 0.3) is 0 Å². The maximum atomic E-state index is 13.8. The molecule has 2 aromatic carbocycles. The Bertz CT molecular complexity index is 1200. The Morgan fingerprint density at radius 3 is 2.15 bits per heavy atom. The minimum Gasteiger partial charge on any atom is -0.497 e. The number of nitrogens with zero attached hydrogens (tertiary/aromatic N) is 1. The molecular formula is C30H36N4O6. The van der Waals surface area contributed by atoms with Crippen molar-refractivity contribution in [2.24, 2.45) is 0 Å². The van der Waals surface area contributed by atoms with Crippen LogP contribution in [0.3, 0.4) is 0 Å². The fourth-order valence-corrected chi connectivity index (χ4v) is 5.25. The molecule has 0 bridgehead atoms. The summed E-state index contributed by atoms with van der Waals surface area (Å²) in [7, 11) is 1.56. The number of nitrogens with one attached hydrogen (secondary N) is 3. The third kappa shape index (κ3) is 7.25. The molecule has 0 spiro atoms. The molecule has 0 unspecified atom stereocenters. The minimum atomic E-state index is -1.01. The summed E-state index contributed by atoms with van der Waals surface area (Å²) in [5.41, 5.74) is 1.64. The largest absolute Gasteiger partial charge is 0.497 e. The highest BCUT2D eigenvalue weighted by Gasteiger charge is 2.40. The second-order valence-electron chi connectivity index (χ2n) is 10.2. The Morgan fingerprint density at radius 1 is 0.825 bits per heavy atom. The van der Waals surface area contributed by atoms with E-state index in [-0.39, 0.29) is 31.6 Å². The topological polar surface area (TPSA) is 134 Å². The molecule has 4 amide bonds. The van der Waals surface area contributed by atoms with Gasteiger partial charge in [-0.1, -0.05) is 42.5 Å². The molecule has 0 saturated carbocycles. The highest BCUT2D eigenvalue weighted by atomic mass is 16.5. The SMILES string of the molecule is COc1ccc(C[C@H]2NC(=O)[C@H](CCCC=O)NC(=O)[C@H]3CCCN3C(=O)[C@H](Cc3ccccc3)NC2=O)cc1. The molecule has 10 nitrogen and oxygen atoms in total. The van der Waals surface area contributed by atoms with Crippen molar-refractivity contribution in [1.82, 2.24) is 20.9 Å². The molecule has 0 aliphatic carbocycles. The molecule has 2 aliphatic heterocycles. The number of amides is 4. The van der Waals surface area contributed by atoms with E-state index < -0.39 is 41.9 Å². The number of carbonyl (C=O) groups is 5. The molecule has 10 heteroatoms. The molecule has 3 N–H and O–H groups in total. The third-order valence-electron chi connectivity index (χ3n) is 7.42. The molecule has 0 aromatic heterocycles. The van der Waals surface area contributed by atoms with Crippen molar-refractivity contribution in [3.63, 3.8) is 0 Å². The van der Waals surface area contributed by atoms with E-state index in [0.29, 0.717) is 31.6 Å². The van der Waals surface area contributed by atoms with Gasteiger partial charge < -0.3 is 30.4 Å². The zero-order chi connectivity index (χ0) is 28.5. The van der Waals surface area contributed by atoms with Crippen LogP contribution >= 0.6 is 0 Å². The van der Waals surface area contributed by atoms with Gasteiger partial charge in [0.05, 0.1) is 7.11 Å². The van der Waals surface area contributed by atoms with Crippen LogP contribution in [0.15, 0.2) is 54.6 Å². The van der Waals surface area contributed by atoms with E-state index in [0.717, 1.165) is 17.4 Å². The average molecular weight is 549 g/mol. The Labute approximate surface area is 233 Å². The lowest BCUT2D eigenvalue weighted by atomic mass is 10.00. The summed E-state index contributed by atoms with van der Waals surface area (Å²) in [6.07, 6.45) is 3.13. The number of rotatable bonds is 9. The van der Waals surface area contributed by atoms with E-state index in [4.69, 9.17) is 4.74 Å². The molecule has 2 fully saturated rings. The fourth-order valence-electron chi connectivity index (χ4n) is 5.25. The van der Waals surface area contributed by atoms with Crippen molar-refractivity contribution in [2.75, 3.05) is 13.7 Å². The highest BCUT2D eigenvalue weighted by molar-refractivity contribution is 5.98. The van der Waals surface area contributed by atoms with Crippen molar-refractivity contribution in [1.29, 1.82) is 0 Å². The molecule has 2 saturated heterocycles. The van der Waals surface area contributed by atoms with Gasteiger partial charge in [0.1, 0.15) is 36.2 Å². The van der Waals surface area contributed by atoms with Crippen LogP contribution < -0.4 is 20.7 Å². The summed E-state index contributed by atoms with van der Waals surface area (Å²) < 4.78 is 5.22. The van der Waals surface area contributed by atoms with E-state index in [9.17, 15) is 24.0 Å². The summed E-state index contributed by atoms with van der Waals surface area (Å²) in [4.78, 5) is 66.8. The van der Waals surface area contributed by atoms with Crippen LogP contribution in [0.5, 0.6) is 5.75 Å². The van der Waals surface area contributed by atoms with Gasteiger partial charge in [0, 0.05) is 25.8 Å². The second kappa shape index (κ2) is 13.7. The minimum absolute atomic E-state index is 0.162. The number of aldehydes is 1. The Kier molecular flexibility index (Phi) is 9.88. The predicted molar refractivity (Wildman–Crippen MR) is 147 cm³/mol. The van der Waals surface area contributed by atoms with Crippen molar-refractivity contribution in [3.8, 4) is 5.75 Å². The number of hydrogen-bond acceptors (Lipinski definition) is 6. The quantitative estimate of drug-likeness (QED) is 0.320. The number of fused-ring (bicyclic) bond motifs is 1. The summed E-state index contributed by atoms with van der Waals surface area (Å²) in [6.45, 7) is 0.384. The van der Waals surface area contributed by atoms with Crippen LogP contribution in [-0.2, 0) is 36.8 Å². The predicted octanol–water partition coefficient (Wildman–Crippen LogP) is 1.31. The molecule has 40 heavy (non-hydrogen) atoms. The van der Waals surface area contributed by atoms with Gasteiger partial charge in [-0.2, -0.15) is 0 Å². The number of methoxy groups -OCH3 is 1. The van der Waals surface area contributed by atoms with Crippen molar-refractivity contribution in [3.05, 3.63) is 65.7 Å². The maximum absolute atomic E-state index is 13.8. The van der Waals surface area contributed by atoms with Crippen LogP contribution in [-0.4, -0.2) is 72.6 Å². The van der Waals surface area contributed by atoms with Crippen molar-refractivity contribution < 1.29 is 28.7 Å². The molecule has 2 aliphatic rings. The number of benzene rings is 2. The number of hydrogen-bond donors (Lipinski definition) is 3. The van der Waals surface area contributed by atoms with Crippen molar-refractivity contribution in [2.45, 2.75) is 69.1 Å². The fraction of sp³-hybridized carbons (Fsp3) is 0.433. The van der Waals surface area contributed by atoms with E-state index in [2.05, 4.69) is 16.0 Å². The first kappa shape index (κ1) is 28.8. The van der Waals surface area contributed by atoms with Crippen LogP contribution in [0.4, 0.5) is 0 Å². The first-order valence-corrected chi connectivity index (χ1v) is 13.7. The van der Waals surface area contributed by atoms with Crippen LogP contribution in [0.2, 0.25) is 0 Å². The molecular weight excluding hydrogens is 512 g/mol. The lowest BCUT2D eigenvalue weighted by Crippen LogP contribution is -2.61. The number of ether oxygens (including phenoxy) is 1. The highest BCUT2D eigenvalue weighted by Crippen LogP contribution is 2.21. The van der Waals surface area contributed by atoms with E-state index in [1.807, 2.05) is 30.3 Å². The molecule has 2 aromatic rings. The first-order valence-electron chi connectivity index (χ1n) is 13.7. The van der Waals surface area contributed by atoms with E-state index >= 15 is 0 Å². The normalized spacial score (nSPS) is 23.7. The molecule has 212 valence electrons. The number of unbranched alkanes of at least 4 members (excludes halogenated alkanes) is 1. The Hall–Kier alpha value is -4.21. The standard InChI is InChI=1S/C30H36N4O6/c1-40-22-14-12-21(13-15-22)18-24-28(37)33-25(19-20-8-3-2-4-9-20)30(39)34-16-7-11-26(34)29(38)31-23(27(36)32-24)10-5-6-17-35/h2-4,8-9,12-15,17,23-26H,5-7,10-11,16,18-19H2,1H3,(H,31,38)(H,32,36)(H,33,37)/t23-,24+,25-,26+/m0/s1. The Balaban J connectivity index is 1.66. The van der Waals surface area contributed by atoms with Gasteiger partial charge in [0.25, 0.3) is 0 Å². The van der Waals surface area contributed by atoms with Crippen molar-refractivity contribution >= 4 is 29.9 Å². The van der Waals surface area contributed by atoms with Gasteiger partial charge >= 0.3 is 0 Å². The summed E-state index contributed by atoms with van der Waals surface area (Å²) in [5.74, 6) is -1.09. The van der Waals surface area contributed by atoms with Gasteiger partial charge in [0.2, 0.25) is 23.6 Å². The van der Waals surface area contributed by atoms with E-state index in [1.54, 1.807) is 31.4 Å². The van der Waals surface area contributed by atoms with Gasteiger partial charge in [-0.3, -0.25) is 19.2 Å². The third-order valence-corrected chi connectivity index (χ3v) is 7.42. The summed E-state index contributed by atoms with van der Waals surface area (Å²) in [5, 5.41) is 8.51. The second-order valence-corrected chi connectivity index (χ2v) is 10.2. The van der Waals surface area contributed by atoms with Gasteiger partial charge in [0.15, 0.2) is 0 Å². The summed E-state index contributed by atoms with van der Waals surface area (Å²) >= 11 is 0. The Morgan fingerprint density at radius 2 is 1.45 bits per heavy atom. The van der Waals surface area contributed by atoms with Gasteiger partial charge in [-0.25, -0.2) is 0 Å². The zero-order valence-corrected chi connectivity index (χ0v) is 22.6. The molecule has 4 atom stereocenters. The smallest absolute Gasteiger partial charge is 0.246 e. The van der Waals surface area contributed by atoms with Gasteiger partial charge in [-0.05, 0) is 48.9 Å². The lowest BCUT2D eigenvalue weighted by Gasteiger charge is -2.32. The summed E-state index contributed by atoms with van der Waals surface area (Å²) in [6, 6.07) is 12.9. The van der Waals surface area contributed by atoms with E-state index in [1.165, 1.54) is 4.90 Å². The lowest BCUT2D eigenvalue weighted by molar-refractivity contribution is -0.143. The molecule has 4 rings (SSSR count). The first-order chi connectivity index (χ1) is 19.4. The van der Waals surface area contributed by atoms with Crippen LogP contribution in [0, 0.1) is 0 Å². The maximum Gasteiger partial charge on any atom is 0.246 e.